The van der Waals surface area contributed by atoms with Gasteiger partial charge in [-0.2, -0.15) is 0 Å². The van der Waals surface area contributed by atoms with Gasteiger partial charge in [0.05, 0.1) is 6.61 Å². The molecule has 1 N–H and O–H groups in total. The summed E-state index contributed by atoms with van der Waals surface area (Å²) >= 11 is 0. The molecule has 0 aliphatic rings. The number of hydrogen-bond acceptors (Lipinski definition) is 5. The third kappa shape index (κ3) is 62.1. The van der Waals surface area contributed by atoms with Crippen molar-refractivity contribution in [3.05, 3.63) is 60.8 Å². The van der Waals surface area contributed by atoms with Crippen molar-refractivity contribution in [2.24, 2.45) is 0 Å². The molecule has 0 bridgehead atoms. The molecular weight excluding hydrogens is 909 g/mol. The molecule has 0 amide bonds. The second kappa shape index (κ2) is 64.9. The lowest BCUT2D eigenvalue weighted by Crippen LogP contribution is -2.28. The van der Waals surface area contributed by atoms with Gasteiger partial charge in [0, 0.05) is 12.8 Å². The topological polar surface area (TPSA) is 72.8 Å². The van der Waals surface area contributed by atoms with E-state index in [1.807, 2.05) is 0 Å². The highest BCUT2D eigenvalue weighted by Crippen LogP contribution is 2.18. The van der Waals surface area contributed by atoms with Crippen LogP contribution in [0.2, 0.25) is 0 Å². The second-order valence-electron chi connectivity index (χ2n) is 22.2. The molecule has 0 saturated heterocycles. The Morgan fingerprint density at radius 1 is 0.324 bits per heavy atom. The van der Waals surface area contributed by atoms with Crippen LogP contribution in [0.3, 0.4) is 0 Å². The third-order valence-corrected chi connectivity index (χ3v) is 14.8. The Morgan fingerprint density at radius 2 is 0.581 bits per heavy atom. The number of unbranched alkanes of at least 4 members (excludes halogenated alkanes) is 43. The van der Waals surface area contributed by atoms with Crippen LogP contribution in [0.25, 0.3) is 0 Å². The first-order valence-corrected chi connectivity index (χ1v) is 32.8. The summed E-state index contributed by atoms with van der Waals surface area (Å²) in [6.45, 7) is 4.06. The number of rotatable bonds is 61. The van der Waals surface area contributed by atoms with E-state index >= 15 is 0 Å². The normalized spacial score (nSPS) is 12.5. The van der Waals surface area contributed by atoms with Crippen molar-refractivity contribution < 1.29 is 24.2 Å². The fraction of sp³-hybridized carbons (Fsp3) is 0.826. The van der Waals surface area contributed by atoms with E-state index in [1.165, 1.54) is 257 Å². The van der Waals surface area contributed by atoms with E-state index in [-0.39, 0.29) is 25.2 Å². The van der Waals surface area contributed by atoms with Crippen LogP contribution in [-0.4, -0.2) is 36.4 Å². The summed E-state index contributed by atoms with van der Waals surface area (Å²) in [5, 5.41) is 9.67. The number of ether oxygens (including phenoxy) is 2. The van der Waals surface area contributed by atoms with Gasteiger partial charge in [0.2, 0.25) is 0 Å². The van der Waals surface area contributed by atoms with Crippen molar-refractivity contribution in [3.8, 4) is 0 Å². The zero-order valence-corrected chi connectivity index (χ0v) is 49.6. The highest BCUT2D eigenvalue weighted by Gasteiger charge is 2.16. The third-order valence-electron chi connectivity index (χ3n) is 14.8. The van der Waals surface area contributed by atoms with Crippen LogP contribution >= 0.6 is 0 Å². The van der Waals surface area contributed by atoms with Gasteiger partial charge in [-0.05, 0) is 77.0 Å². The Hall–Kier alpha value is -2.40. The van der Waals surface area contributed by atoms with Crippen molar-refractivity contribution >= 4 is 11.9 Å². The van der Waals surface area contributed by atoms with Gasteiger partial charge in [-0.25, -0.2) is 0 Å². The molecule has 0 rings (SSSR count). The molecule has 74 heavy (non-hydrogen) atoms. The molecule has 0 fully saturated rings. The van der Waals surface area contributed by atoms with Crippen LogP contribution in [0.5, 0.6) is 0 Å². The number of aliphatic hydroxyl groups is 1. The maximum absolute atomic E-state index is 12.3. The van der Waals surface area contributed by atoms with Gasteiger partial charge < -0.3 is 14.6 Å². The molecule has 0 radical (unpaired) electrons. The van der Waals surface area contributed by atoms with Crippen molar-refractivity contribution in [2.75, 3.05) is 13.2 Å². The molecule has 0 aromatic carbocycles. The van der Waals surface area contributed by atoms with Gasteiger partial charge in [0.25, 0.3) is 0 Å². The molecule has 0 saturated carbocycles. The van der Waals surface area contributed by atoms with Crippen molar-refractivity contribution in [3.63, 3.8) is 0 Å². The van der Waals surface area contributed by atoms with Gasteiger partial charge >= 0.3 is 11.9 Å². The number of hydrogen-bond donors (Lipinski definition) is 1. The summed E-state index contributed by atoms with van der Waals surface area (Å²) in [5.74, 6) is -0.575. The molecule has 0 spiro atoms. The fourth-order valence-corrected chi connectivity index (χ4v) is 9.90. The molecule has 0 aliphatic heterocycles. The summed E-state index contributed by atoms with van der Waals surface area (Å²) in [6.07, 6.45) is 88.2. The van der Waals surface area contributed by atoms with Gasteiger partial charge in [-0.15, -0.1) is 0 Å². The fourth-order valence-electron chi connectivity index (χ4n) is 9.90. The van der Waals surface area contributed by atoms with Crippen molar-refractivity contribution in [2.45, 2.75) is 354 Å². The Kier molecular flexibility index (Phi) is 62.8. The molecule has 5 nitrogen and oxygen atoms in total. The van der Waals surface area contributed by atoms with Crippen LogP contribution < -0.4 is 0 Å². The lowest BCUT2D eigenvalue weighted by molar-refractivity contribution is -0.161. The van der Waals surface area contributed by atoms with Crippen molar-refractivity contribution in [1.82, 2.24) is 0 Å². The molecule has 0 aromatic rings. The summed E-state index contributed by atoms with van der Waals surface area (Å²) in [7, 11) is 0. The van der Waals surface area contributed by atoms with E-state index in [2.05, 4.69) is 74.6 Å². The Balaban J connectivity index is 3.37. The molecule has 1 unspecified atom stereocenters. The Morgan fingerprint density at radius 3 is 0.892 bits per heavy atom. The Labute approximate surface area is 461 Å². The molecule has 1 atom stereocenters. The lowest BCUT2D eigenvalue weighted by Gasteiger charge is -2.15. The molecule has 0 heterocycles. The van der Waals surface area contributed by atoms with E-state index in [9.17, 15) is 14.7 Å². The molecule has 432 valence electrons. The number of esters is 2. The van der Waals surface area contributed by atoms with E-state index in [4.69, 9.17) is 9.47 Å². The monoisotopic (exact) mass is 1030 g/mol. The summed E-state index contributed by atoms with van der Waals surface area (Å²) in [5.41, 5.74) is 0. The van der Waals surface area contributed by atoms with Gasteiger partial charge in [0.1, 0.15) is 6.61 Å². The van der Waals surface area contributed by atoms with Gasteiger partial charge in [0.15, 0.2) is 6.10 Å². The van der Waals surface area contributed by atoms with E-state index in [0.29, 0.717) is 12.8 Å². The minimum Gasteiger partial charge on any atom is -0.462 e. The molecular formula is C69H126O5. The number of carbonyl (C=O) groups excluding carboxylic acids is 2. The predicted octanol–water partition coefficient (Wildman–Crippen LogP) is 22.5. The van der Waals surface area contributed by atoms with Crippen LogP contribution in [0.15, 0.2) is 60.8 Å². The first-order chi connectivity index (χ1) is 36.6. The standard InChI is InChI=1S/C69H126O5/c1-3-5-7-9-11-13-15-17-19-21-23-24-25-26-27-28-29-30-31-32-33-34-35-36-37-38-39-40-41-42-43-44-46-48-50-52-54-56-58-60-62-64-69(72)74-67(65-70)66-73-68(71)63-61-59-57-55-53-51-49-47-45-22-20-18-16-14-12-10-8-6-4-2/h5,7,11,13,17-20,23-24,67,70H,3-4,6,8-10,12,14-16,21-22,25-66H2,1-2H3/b7-5-,13-11-,19-17-,20-18-,24-23-. The number of carbonyl (C=O) groups is 2. The second-order valence-corrected chi connectivity index (χ2v) is 22.2. The molecule has 0 aromatic heterocycles. The minimum absolute atomic E-state index is 0.0623. The van der Waals surface area contributed by atoms with Crippen LogP contribution in [0.1, 0.15) is 348 Å². The van der Waals surface area contributed by atoms with Gasteiger partial charge in [-0.3, -0.25) is 9.59 Å². The number of aliphatic hydroxyl groups excluding tert-OH is 1. The van der Waals surface area contributed by atoms with Crippen LogP contribution in [0.4, 0.5) is 0 Å². The first-order valence-electron chi connectivity index (χ1n) is 32.8. The quantitative estimate of drug-likeness (QED) is 0.0373. The van der Waals surface area contributed by atoms with E-state index in [1.54, 1.807) is 0 Å². The van der Waals surface area contributed by atoms with E-state index in [0.717, 1.165) is 64.2 Å². The number of allylic oxidation sites excluding steroid dienone is 10. The average molecular weight is 1040 g/mol. The highest BCUT2D eigenvalue weighted by molar-refractivity contribution is 5.70. The summed E-state index contributed by atoms with van der Waals surface area (Å²) < 4.78 is 10.7. The zero-order valence-electron chi connectivity index (χ0n) is 49.6. The zero-order chi connectivity index (χ0) is 53.4. The van der Waals surface area contributed by atoms with Crippen LogP contribution in [-0.2, 0) is 19.1 Å². The van der Waals surface area contributed by atoms with Crippen LogP contribution in [0, 0.1) is 0 Å². The average Bonchev–Trinajstić information content (AvgIpc) is 3.40. The summed E-state index contributed by atoms with van der Waals surface area (Å²) in [6, 6.07) is 0. The van der Waals surface area contributed by atoms with E-state index < -0.39 is 6.10 Å². The molecule has 0 aliphatic carbocycles. The maximum Gasteiger partial charge on any atom is 0.306 e. The predicted molar refractivity (Wildman–Crippen MR) is 325 cm³/mol. The molecule has 5 heteroatoms. The van der Waals surface area contributed by atoms with Gasteiger partial charge in [-0.1, -0.05) is 319 Å². The first kappa shape index (κ1) is 71.6. The maximum atomic E-state index is 12.3. The minimum atomic E-state index is -0.771. The van der Waals surface area contributed by atoms with Crippen molar-refractivity contribution in [1.29, 1.82) is 0 Å². The Bertz CT molecular complexity index is 1260. The lowest BCUT2D eigenvalue weighted by atomic mass is 10.0. The smallest absolute Gasteiger partial charge is 0.306 e. The summed E-state index contributed by atoms with van der Waals surface area (Å²) in [4.78, 5) is 24.6. The highest BCUT2D eigenvalue weighted by atomic mass is 16.6. The SMILES string of the molecule is CC/C=C\C/C=C\C/C=C\C/C=C\CCCCCCCCCCCCCCCCCCCCCCCCCCCCCCC(=O)OC(CO)COC(=O)CCCCCCCCCCC/C=C\CCCCCCCC. The largest absolute Gasteiger partial charge is 0.462 e.